The van der Waals surface area contributed by atoms with E-state index >= 15 is 0 Å². The number of rotatable bonds is 3. The van der Waals surface area contributed by atoms with Gasteiger partial charge in [-0.25, -0.2) is 0 Å². The molecule has 1 aliphatic heterocycles. The summed E-state index contributed by atoms with van der Waals surface area (Å²) >= 11 is 1.56. The van der Waals surface area contributed by atoms with E-state index in [1.807, 2.05) is 19.9 Å². The lowest BCUT2D eigenvalue weighted by molar-refractivity contribution is 0.0944. The minimum Gasteiger partial charge on any atom is -0.397 e. The molecule has 0 aliphatic carbocycles. The first kappa shape index (κ1) is 13.4. The molecule has 2 rings (SSSR count). The van der Waals surface area contributed by atoms with E-state index in [1.54, 1.807) is 11.3 Å². The van der Waals surface area contributed by atoms with Gasteiger partial charge in [0.25, 0.3) is 0 Å². The van der Waals surface area contributed by atoms with Crippen molar-refractivity contribution in [2.24, 2.45) is 5.92 Å². The predicted molar refractivity (Wildman–Crippen MR) is 78.6 cm³/mol. The zero-order valence-electron chi connectivity index (χ0n) is 11.2. The molecule has 1 aromatic rings. The number of Topliss-reactive ketones (excluding diaryl/α,β-unsaturated/α-hetero) is 1. The third kappa shape index (κ3) is 2.86. The Balaban J connectivity index is 2.19. The number of carbonyl (C=O) groups excluding carboxylic acids is 1. The smallest absolute Gasteiger partial charge is 0.177 e. The van der Waals surface area contributed by atoms with Gasteiger partial charge in [0, 0.05) is 19.0 Å². The Kier molecular flexibility index (Phi) is 4.27. The fourth-order valence-electron chi connectivity index (χ4n) is 2.29. The molecule has 18 heavy (non-hydrogen) atoms. The van der Waals surface area contributed by atoms with Crippen molar-refractivity contribution >= 4 is 27.8 Å². The van der Waals surface area contributed by atoms with Gasteiger partial charge in [-0.2, -0.15) is 0 Å². The molecule has 3 nitrogen and oxygen atoms in total. The van der Waals surface area contributed by atoms with Crippen LogP contribution in [-0.4, -0.2) is 18.9 Å². The molecule has 2 N–H and O–H groups in total. The second-order valence-electron chi connectivity index (χ2n) is 5.29. The normalized spacial score (nSPS) is 16.9. The van der Waals surface area contributed by atoms with Gasteiger partial charge in [-0.15, -0.1) is 11.3 Å². The van der Waals surface area contributed by atoms with E-state index in [2.05, 4.69) is 4.90 Å². The largest absolute Gasteiger partial charge is 0.397 e. The van der Waals surface area contributed by atoms with E-state index < -0.39 is 0 Å². The average molecular weight is 266 g/mol. The molecule has 1 aliphatic rings. The molecule has 0 atom stereocenters. The van der Waals surface area contributed by atoms with Crippen molar-refractivity contribution in [1.29, 1.82) is 0 Å². The fourth-order valence-corrected chi connectivity index (χ4v) is 3.51. The van der Waals surface area contributed by atoms with Crippen molar-refractivity contribution in [3.63, 3.8) is 0 Å². The van der Waals surface area contributed by atoms with Gasteiger partial charge in [0.1, 0.15) is 0 Å². The highest BCUT2D eigenvalue weighted by molar-refractivity contribution is 7.18. The monoisotopic (exact) mass is 266 g/mol. The zero-order chi connectivity index (χ0) is 13.1. The highest BCUT2D eigenvalue weighted by atomic mass is 32.1. The molecule has 1 fully saturated rings. The second kappa shape index (κ2) is 5.74. The van der Waals surface area contributed by atoms with Gasteiger partial charge in [-0.1, -0.05) is 26.7 Å². The van der Waals surface area contributed by atoms with Gasteiger partial charge in [-0.05, 0) is 18.9 Å². The summed E-state index contributed by atoms with van der Waals surface area (Å²) in [4.78, 5) is 15.2. The summed E-state index contributed by atoms with van der Waals surface area (Å²) in [6, 6.07) is 1.98. The molecule has 0 aromatic carbocycles. The third-order valence-electron chi connectivity index (χ3n) is 3.41. The van der Waals surface area contributed by atoms with Crippen molar-refractivity contribution in [2.45, 2.75) is 39.5 Å². The van der Waals surface area contributed by atoms with Crippen molar-refractivity contribution in [1.82, 2.24) is 0 Å². The van der Waals surface area contributed by atoms with Gasteiger partial charge in [0.2, 0.25) is 0 Å². The number of thiophene rings is 1. The van der Waals surface area contributed by atoms with Crippen molar-refractivity contribution in [3.05, 3.63) is 10.9 Å². The van der Waals surface area contributed by atoms with Crippen LogP contribution in [0.2, 0.25) is 0 Å². The van der Waals surface area contributed by atoms with Gasteiger partial charge >= 0.3 is 0 Å². The first-order valence-electron chi connectivity index (χ1n) is 6.78. The molecule has 0 radical (unpaired) electrons. The number of nitrogens with zero attached hydrogens (tertiary/aromatic N) is 1. The van der Waals surface area contributed by atoms with Crippen molar-refractivity contribution in [3.8, 4) is 0 Å². The van der Waals surface area contributed by atoms with E-state index in [-0.39, 0.29) is 11.7 Å². The van der Waals surface area contributed by atoms with E-state index in [1.165, 1.54) is 30.7 Å². The lowest BCUT2D eigenvalue weighted by atomic mass is 10.1. The Morgan fingerprint density at radius 1 is 1.28 bits per heavy atom. The summed E-state index contributed by atoms with van der Waals surface area (Å²) in [7, 11) is 0. The molecule has 1 aromatic heterocycles. The van der Waals surface area contributed by atoms with Crippen LogP contribution in [0.4, 0.5) is 10.7 Å². The van der Waals surface area contributed by atoms with Crippen LogP contribution in [0.3, 0.4) is 0 Å². The van der Waals surface area contributed by atoms with Crippen LogP contribution in [0.15, 0.2) is 6.07 Å². The number of hydrogen-bond acceptors (Lipinski definition) is 4. The van der Waals surface area contributed by atoms with Crippen LogP contribution >= 0.6 is 11.3 Å². The van der Waals surface area contributed by atoms with E-state index in [9.17, 15) is 4.79 Å². The molecule has 0 amide bonds. The number of ketones is 1. The molecule has 4 heteroatoms. The number of hydrogen-bond donors (Lipinski definition) is 1. The minimum atomic E-state index is 0.0166. The average Bonchev–Trinajstić information content (AvgIpc) is 2.55. The van der Waals surface area contributed by atoms with E-state index in [0.29, 0.717) is 5.69 Å². The van der Waals surface area contributed by atoms with Gasteiger partial charge in [0.15, 0.2) is 5.78 Å². The van der Waals surface area contributed by atoms with E-state index in [4.69, 9.17) is 5.73 Å². The number of nitrogen functional groups attached to an aromatic ring is 1. The Labute approximate surface area is 113 Å². The Hall–Kier alpha value is -1.03. The molecular weight excluding hydrogens is 244 g/mol. The molecule has 0 saturated carbocycles. The molecule has 2 heterocycles. The number of nitrogens with two attached hydrogens (primary N) is 1. The summed E-state index contributed by atoms with van der Waals surface area (Å²) in [6.07, 6.45) is 5.11. The number of carbonyl (C=O) groups is 1. The van der Waals surface area contributed by atoms with Crippen LogP contribution in [0, 0.1) is 5.92 Å². The summed E-state index contributed by atoms with van der Waals surface area (Å²) in [5.74, 6) is 0.182. The Morgan fingerprint density at radius 3 is 2.44 bits per heavy atom. The maximum atomic E-state index is 12.0. The van der Waals surface area contributed by atoms with Crippen LogP contribution < -0.4 is 10.6 Å². The summed E-state index contributed by atoms with van der Waals surface area (Å²) in [5, 5.41) is 1.17. The van der Waals surface area contributed by atoms with Crippen LogP contribution in [0.25, 0.3) is 0 Å². The van der Waals surface area contributed by atoms with Crippen LogP contribution in [0.1, 0.15) is 49.2 Å². The zero-order valence-corrected chi connectivity index (χ0v) is 12.1. The standard InChI is InChI=1S/C14H22N2OS/c1-10(2)13(17)14-11(15)9-12(18-14)16-7-5-3-4-6-8-16/h9-10H,3-8,15H2,1-2H3. The topological polar surface area (TPSA) is 46.3 Å². The van der Waals surface area contributed by atoms with Gasteiger partial charge in [-0.3, -0.25) is 4.79 Å². The second-order valence-corrected chi connectivity index (χ2v) is 6.32. The molecule has 100 valence electrons. The summed E-state index contributed by atoms with van der Waals surface area (Å²) in [5.41, 5.74) is 6.64. The summed E-state index contributed by atoms with van der Waals surface area (Å²) < 4.78 is 0. The first-order valence-corrected chi connectivity index (χ1v) is 7.59. The molecule has 1 saturated heterocycles. The fraction of sp³-hybridized carbons (Fsp3) is 0.643. The van der Waals surface area contributed by atoms with Crippen molar-refractivity contribution in [2.75, 3.05) is 23.7 Å². The maximum Gasteiger partial charge on any atom is 0.177 e. The quantitative estimate of drug-likeness (QED) is 0.851. The third-order valence-corrected chi connectivity index (χ3v) is 4.64. The summed E-state index contributed by atoms with van der Waals surface area (Å²) in [6.45, 7) is 6.03. The van der Waals surface area contributed by atoms with Gasteiger partial charge in [0.05, 0.1) is 15.6 Å². The highest BCUT2D eigenvalue weighted by Crippen LogP contribution is 2.34. The van der Waals surface area contributed by atoms with Crippen LogP contribution in [-0.2, 0) is 0 Å². The maximum absolute atomic E-state index is 12.0. The van der Waals surface area contributed by atoms with E-state index in [0.717, 1.165) is 18.0 Å². The molecular formula is C14H22N2OS. The lowest BCUT2D eigenvalue weighted by Crippen LogP contribution is -2.22. The predicted octanol–water partition coefficient (Wildman–Crippen LogP) is 3.55. The first-order chi connectivity index (χ1) is 8.59. The molecule has 0 bridgehead atoms. The van der Waals surface area contributed by atoms with Crippen LogP contribution in [0.5, 0.6) is 0 Å². The SMILES string of the molecule is CC(C)C(=O)c1sc(N2CCCCCC2)cc1N. The lowest BCUT2D eigenvalue weighted by Gasteiger charge is -2.19. The Morgan fingerprint density at radius 2 is 1.89 bits per heavy atom. The highest BCUT2D eigenvalue weighted by Gasteiger charge is 2.20. The minimum absolute atomic E-state index is 0.0166. The Bertz CT molecular complexity index is 417. The number of anilines is 2. The van der Waals surface area contributed by atoms with Crippen molar-refractivity contribution < 1.29 is 4.79 Å². The molecule has 0 spiro atoms. The molecule has 0 unspecified atom stereocenters. The van der Waals surface area contributed by atoms with Gasteiger partial charge < -0.3 is 10.6 Å².